The standard InChI is InChI=1S/C16H17NO4S/c1-16(2,15(18)20-3)21-12-8-6-11(7-9-12)14(17-19)13-5-4-10-22-13/h4-10,19H,1-3H3/b17-14+. The Morgan fingerprint density at radius 1 is 1.23 bits per heavy atom. The van der Waals surface area contributed by atoms with Gasteiger partial charge in [-0.15, -0.1) is 11.3 Å². The molecule has 0 fully saturated rings. The quantitative estimate of drug-likeness (QED) is 0.397. The van der Waals surface area contributed by atoms with Gasteiger partial charge in [0.05, 0.1) is 12.0 Å². The van der Waals surface area contributed by atoms with Crippen LogP contribution in [-0.2, 0) is 9.53 Å². The van der Waals surface area contributed by atoms with Crippen molar-refractivity contribution in [2.75, 3.05) is 7.11 Å². The first kappa shape index (κ1) is 16.0. The Morgan fingerprint density at radius 2 is 1.91 bits per heavy atom. The summed E-state index contributed by atoms with van der Waals surface area (Å²) in [4.78, 5) is 12.5. The molecule has 5 nitrogen and oxygen atoms in total. The zero-order valence-electron chi connectivity index (χ0n) is 12.6. The molecule has 0 radical (unpaired) electrons. The number of rotatable bonds is 5. The molecule has 0 saturated heterocycles. The maximum Gasteiger partial charge on any atom is 0.349 e. The average Bonchev–Trinajstić information content (AvgIpc) is 3.02. The Morgan fingerprint density at radius 3 is 2.41 bits per heavy atom. The lowest BCUT2D eigenvalue weighted by Gasteiger charge is -2.23. The van der Waals surface area contributed by atoms with E-state index in [1.807, 2.05) is 17.5 Å². The Bertz CT molecular complexity index is 660. The van der Waals surface area contributed by atoms with Gasteiger partial charge in [0.2, 0.25) is 0 Å². The summed E-state index contributed by atoms with van der Waals surface area (Å²) in [5.74, 6) is 0.0791. The molecule has 0 aliphatic rings. The Kier molecular flexibility index (Phi) is 4.82. The number of hydrogen-bond acceptors (Lipinski definition) is 6. The van der Waals surface area contributed by atoms with Crippen LogP contribution in [0.1, 0.15) is 24.3 Å². The first-order chi connectivity index (χ1) is 10.5. The van der Waals surface area contributed by atoms with E-state index in [1.165, 1.54) is 18.4 Å². The van der Waals surface area contributed by atoms with Crippen LogP contribution < -0.4 is 4.74 Å². The maximum absolute atomic E-state index is 11.6. The maximum atomic E-state index is 11.6. The molecule has 0 saturated carbocycles. The number of ether oxygens (including phenoxy) is 2. The van der Waals surface area contributed by atoms with Crippen molar-refractivity contribution in [3.63, 3.8) is 0 Å². The highest BCUT2D eigenvalue weighted by atomic mass is 32.1. The number of hydrogen-bond donors (Lipinski definition) is 1. The second-order valence-electron chi connectivity index (χ2n) is 5.05. The van der Waals surface area contributed by atoms with Gasteiger partial charge in [-0.2, -0.15) is 0 Å². The van der Waals surface area contributed by atoms with Gasteiger partial charge >= 0.3 is 5.97 Å². The van der Waals surface area contributed by atoms with E-state index < -0.39 is 11.6 Å². The number of carbonyl (C=O) groups excluding carboxylic acids is 1. The molecule has 1 aromatic heterocycles. The van der Waals surface area contributed by atoms with E-state index in [1.54, 1.807) is 38.1 Å². The van der Waals surface area contributed by atoms with E-state index in [4.69, 9.17) is 9.47 Å². The van der Waals surface area contributed by atoms with Crippen LogP contribution >= 0.6 is 11.3 Å². The molecule has 1 N–H and O–H groups in total. The highest BCUT2D eigenvalue weighted by molar-refractivity contribution is 7.12. The van der Waals surface area contributed by atoms with Crippen molar-refractivity contribution in [3.8, 4) is 5.75 Å². The van der Waals surface area contributed by atoms with Crippen LogP contribution in [-0.4, -0.2) is 29.6 Å². The van der Waals surface area contributed by atoms with Gasteiger partial charge in [-0.05, 0) is 49.6 Å². The van der Waals surface area contributed by atoms with Crippen molar-refractivity contribution in [2.24, 2.45) is 5.16 Å². The van der Waals surface area contributed by atoms with Crippen molar-refractivity contribution in [1.29, 1.82) is 0 Å². The minimum Gasteiger partial charge on any atom is -0.476 e. The molecule has 0 aliphatic heterocycles. The summed E-state index contributed by atoms with van der Waals surface area (Å²) in [6, 6.07) is 10.8. The second kappa shape index (κ2) is 6.62. The van der Waals surface area contributed by atoms with Gasteiger partial charge in [-0.3, -0.25) is 0 Å². The molecule has 6 heteroatoms. The number of benzene rings is 1. The molecule has 0 atom stereocenters. The molecule has 1 heterocycles. The molecule has 0 aliphatic carbocycles. The fourth-order valence-electron chi connectivity index (χ4n) is 1.93. The highest BCUT2D eigenvalue weighted by Gasteiger charge is 2.31. The van der Waals surface area contributed by atoms with Crippen molar-refractivity contribution in [1.82, 2.24) is 0 Å². The topological polar surface area (TPSA) is 68.1 Å². The summed E-state index contributed by atoms with van der Waals surface area (Å²) < 4.78 is 10.3. The summed E-state index contributed by atoms with van der Waals surface area (Å²) in [5.41, 5.74) is 0.180. The molecule has 1 aromatic carbocycles. The largest absolute Gasteiger partial charge is 0.476 e. The number of esters is 1. The van der Waals surface area contributed by atoms with Crippen LogP contribution in [0.4, 0.5) is 0 Å². The predicted octanol–water partition coefficient (Wildman–Crippen LogP) is 3.31. The number of thiophene rings is 1. The van der Waals surface area contributed by atoms with E-state index in [2.05, 4.69) is 5.16 Å². The van der Waals surface area contributed by atoms with E-state index in [9.17, 15) is 10.0 Å². The normalized spacial score (nSPS) is 12.0. The Balaban J connectivity index is 2.19. The average molecular weight is 319 g/mol. The van der Waals surface area contributed by atoms with Crippen LogP contribution in [0.2, 0.25) is 0 Å². The minimum absolute atomic E-state index is 0.451. The number of oxime groups is 1. The lowest BCUT2D eigenvalue weighted by Crippen LogP contribution is -2.39. The lowest BCUT2D eigenvalue weighted by molar-refractivity contribution is -0.156. The van der Waals surface area contributed by atoms with Crippen LogP contribution in [0.15, 0.2) is 46.9 Å². The van der Waals surface area contributed by atoms with Gasteiger partial charge in [0.25, 0.3) is 0 Å². The smallest absolute Gasteiger partial charge is 0.349 e. The van der Waals surface area contributed by atoms with Crippen molar-refractivity contribution in [3.05, 3.63) is 52.2 Å². The fraction of sp³-hybridized carbons (Fsp3) is 0.250. The molecule has 2 aromatic rings. The van der Waals surface area contributed by atoms with E-state index in [0.717, 1.165) is 10.4 Å². The zero-order valence-corrected chi connectivity index (χ0v) is 13.4. The summed E-state index contributed by atoms with van der Waals surface area (Å²) in [6.45, 7) is 3.28. The van der Waals surface area contributed by atoms with Gasteiger partial charge in [-0.1, -0.05) is 11.2 Å². The Labute approximate surface area is 132 Å². The fourth-order valence-corrected chi connectivity index (χ4v) is 2.66. The first-order valence-electron chi connectivity index (χ1n) is 6.61. The van der Waals surface area contributed by atoms with Gasteiger partial charge < -0.3 is 14.7 Å². The third-order valence-electron chi connectivity index (χ3n) is 3.03. The Hall–Kier alpha value is -2.34. The van der Waals surface area contributed by atoms with E-state index >= 15 is 0 Å². The molecule has 22 heavy (non-hydrogen) atoms. The predicted molar refractivity (Wildman–Crippen MR) is 84.9 cm³/mol. The highest BCUT2D eigenvalue weighted by Crippen LogP contribution is 2.22. The van der Waals surface area contributed by atoms with E-state index in [0.29, 0.717) is 11.5 Å². The molecule has 2 rings (SSSR count). The second-order valence-corrected chi connectivity index (χ2v) is 6.00. The zero-order chi connectivity index (χ0) is 16.2. The summed E-state index contributed by atoms with van der Waals surface area (Å²) in [7, 11) is 1.32. The first-order valence-corrected chi connectivity index (χ1v) is 7.49. The molecule has 0 unspecified atom stereocenters. The van der Waals surface area contributed by atoms with Gasteiger partial charge in [0.1, 0.15) is 11.5 Å². The number of nitrogens with zero attached hydrogens (tertiary/aromatic N) is 1. The van der Waals surface area contributed by atoms with Crippen LogP contribution in [0.3, 0.4) is 0 Å². The molecule has 0 spiro atoms. The molecule has 0 amide bonds. The number of methoxy groups -OCH3 is 1. The van der Waals surface area contributed by atoms with Crippen molar-refractivity contribution in [2.45, 2.75) is 19.4 Å². The third kappa shape index (κ3) is 3.46. The van der Waals surface area contributed by atoms with E-state index in [-0.39, 0.29) is 0 Å². The van der Waals surface area contributed by atoms with Crippen LogP contribution in [0.5, 0.6) is 5.75 Å². The van der Waals surface area contributed by atoms with Gasteiger partial charge in [-0.25, -0.2) is 4.79 Å². The van der Waals surface area contributed by atoms with Crippen LogP contribution in [0, 0.1) is 0 Å². The molecular weight excluding hydrogens is 302 g/mol. The lowest BCUT2D eigenvalue weighted by atomic mass is 10.1. The van der Waals surface area contributed by atoms with Crippen LogP contribution in [0.25, 0.3) is 0 Å². The monoisotopic (exact) mass is 319 g/mol. The number of carbonyl (C=O) groups is 1. The summed E-state index contributed by atoms with van der Waals surface area (Å²) in [5, 5.41) is 14.5. The van der Waals surface area contributed by atoms with Crippen molar-refractivity contribution >= 4 is 23.0 Å². The third-order valence-corrected chi connectivity index (χ3v) is 3.91. The minimum atomic E-state index is -1.07. The molecule has 0 bridgehead atoms. The molecule has 116 valence electrons. The molecular formula is C16H17NO4S. The SMILES string of the molecule is COC(=O)C(C)(C)Oc1ccc(/C(=N\O)c2cccs2)cc1. The summed E-state index contributed by atoms with van der Waals surface area (Å²) >= 11 is 1.49. The van der Waals surface area contributed by atoms with Crippen molar-refractivity contribution < 1.29 is 19.5 Å². The van der Waals surface area contributed by atoms with Gasteiger partial charge in [0, 0.05) is 5.56 Å². The van der Waals surface area contributed by atoms with Gasteiger partial charge in [0.15, 0.2) is 5.60 Å². The summed E-state index contributed by atoms with van der Waals surface area (Å²) in [6.07, 6.45) is 0.